The van der Waals surface area contributed by atoms with Crippen molar-refractivity contribution in [1.82, 2.24) is 0 Å². The van der Waals surface area contributed by atoms with Crippen molar-refractivity contribution in [2.24, 2.45) is 0 Å². The molecule has 0 saturated carbocycles. The Morgan fingerprint density at radius 3 is 2.50 bits per heavy atom. The van der Waals surface area contributed by atoms with Gasteiger partial charge in [-0.2, -0.15) is 0 Å². The highest BCUT2D eigenvalue weighted by molar-refractivity contribution is 5.92. The van der Waals surface area contributed by atoms with E-state index in [2.05, 4.69) is 26.1 Å². The van der Waals surface area contributed by atoms with Crippen molar-refractivity contribution >= 4 is 11.6 Å². The molecule has 2 aromatic rings. The smallest absolute Gasteiger partial charge is 0.224 e. The minimum absolute atomic E-state index is 0.0449. The van der Waals surface area contributed by atoms with Gasteiger partial charge in [0.15, 0.2) is 0 Å². The topological polar surface area (TPSA) is 58.6 Å². The van der Waals surface area contributed by atoms with Crippen molar-refractivity contribution < 1.29 is 14.6 Å². The van der Waals surface area contributed by atoms with Crippen LogP contribution in [0.1, 0.15) is 39.2 Å². The molecule has 2 N–H and O–H groups in total. The quantitative estimate of drug-likeness (QED) is 0.607. The molecule has 0 fully saturated rings. The predicted octanol–water partition coefficient (Wildman–Crippen LogP) is 4.49. The Kier molecular flexibility index (Phi) is 5.85. The number of carbonyl (C=O) groups excluding carboxylic acids is 1. The largest absolute Gasteiger partial charge is 0.506 e. The molecule has 0 spiro atoms. The van der Waals surface area contributed by atoms with E-state index in [9.17, 15) is 9.90 Å². The number of nitrogens with one attached hydrogen (secondary N) is 1. The summed E-state index contributed by atoms with van der Waals surface area (Å²) in [5.41, 5.74) is 1.47. The molecule has 0 bridgehead atoms. The molecule has 0 radical (unpaired) electrons. The number of para-hydroxylation sites is 1. The van der Waals surface area contributed by atoms with Crippen LogP contribution in [-0.2, 0) is 10.2 Å². The van der Waals surface area contributed by atoms with E-state index in [1.165, 1.54) is 0 Å². The number of aromatic hydroxyl groups is 1. The van der Waals surface area contributed by atoms with E-state index in [1.807, 2.05) is 42.5 Å². The predicted molar refractivity (Wildman–Crippen MR) is 96.6 cm³/mol. The Labute approximate surface area is 143 Å². The van der Waals surface area contributed by atoms with E-state index in [0.717, 1.165) is 11.3 Å². The van der Waals surface area contributed by atoms with Crippen LogP contribution >= 0.6 is 0 Å². The third-order valence-electron chi connectivity index (χ3n) is 3.70. The molecule has 24 heavy (non-hydrogen) atoms. The molecule has 0 unspecified atom stereocenters. The highest BCUT2D eigenvalue weighted by Crippen LogP contribution is 2.30. The van der Waals surface area contributed by atoms with Crippen LogP contribution in [0.15, 0.2) is 48.5 Å². The van der Waals surface area contributed by atoms with Crippen molar-refractivity contribution in [2.45, 2.75) is 39.0 Å². The first kappa shape index (κ1) is 17.9. The molecular formula is C20H25NO3. The average molecular weight is 327 g/mol. The molecule has 0 aliphatic rings. The molecule has 2 rings (SSSR count). The van der Waals surface area contributed by atoms with Crippen LogP contribution in [0.25, 0.3) is 0 Å². The van der Waals surface area contributed by atoms with Crippen LogP contribution in [-0.4, -0.2) is 17.6 Å². The Morgan fingerprint density at radius 1 is 1.12 bits per heavy atom. The monoisotopic (exact) mass is 327 g/mol. The van der Waals surface area contributed by atoms with Gasteiger partial charge in [0.1, 0.15) is 11.5 Å². The van der Waals surface area contributed by atoms with Gasteiger partial charge in [0.2, 0.25) is 5.91 Å². The standard InChI is InChI=1S/C20H25NO3/c1-20(2,3)15-11-12-18(22)17(14-15)21-19(23)10-7-13-24-16-8-5-4-6-9-16/h4-6,8-9,11-12,14,22H,7,10,13H2,1-3H3,(H,21,23). The number of carbonyl (C=O) groups is 1. The lowest BCUT2D eigenvalue weighted by Gasteiger charge is -2.20. The van der Waals surface area contributed by atoms with Crippen molar-refractivity contribution in [2.75, 3.05) is 11.9 Å². The summed E-state index contributed by atoms with van der Waals surface area (Å²) in [6, 6.07) is 14.8. The van der Waals surface area contributed by atoms with Crippen molar-refractivity contribution in [3.05, 3.63) is 54.1 Å². The number of benzene rings is 2. The highest BCUT2D eigenvalue weighted by atomic mass is 16.5. The summed E-state index contributed by atoms with van der Waals surface area (Å²) < 4.78 is 5.56. The molecule has 0 aliphatic carbocycles. The third kappa shape index (κ3) is 5.30. The second kappa shape index (κ2) is 7.86. The molecule has 4 heteroatoms. The molecule has 0 saturated heterocycles. The maximum Gasteiger partial charge on any atom is 0.224 e. The lowest BCUT2D eigenvalue weighted by atomic mass is 9.87. The third-order valence-corrected chi connectivity index (χ3v) is 3.70. The number of hydrogen-bond donors (Lipinski definition) is 2. The molecule has 2 aromatic carbocycles. The normalized spacial score (nSPS) is 11.1. The first-order valence-electron chi connectivity index (χ1n) is 8.17. The first-order chi connectivity index (χ1) is 11.4. The molecule has 0 atom stereocenters. The minimum Gasteiger partial charge on any atom is -0.506 e. The summed E-state index contributed by atoms with van der Waals surface area (Å²) in [7, 11) is 0. The minimum atomic E-state index is -0.131. The number of ether oxygens (including phenoxy) is 1. The molecule has 0 aliphatic heterocycles. The number of hydrogen-bond acceptors (Lipinski definition) is 3. The molecule has 0 aromatic heterocycles. The van der Waals surface area contributed by atoms with E-state index < -0.39 is 0 Å². The van der Waals surface area contributed by atoms with Crippen LogP contribution in [0, 0.1) is 0 Å². The van der Waals surface area contributed by atoms with E-state index in [-0.39, 0.29) is 17.1 Å². The van der Waals surface area contributed by atoms with E-state index in [0.29, 0.717) is 25.1 Å². The van der Waals surface area contributed by atoms with E-state index in [1.54, 1.807) is 6.07 Å². The van der Waals surface area contributed by atoms with Gasteiger partial charge >= 0.3 is 0 Å². The van der Waals surface area contributed by atoms with Crippen LogP contribution in [0.3, 0.4) is 0 Å². The number of phenols is 1. The zero-order valence-electron chi connectivity index (χ0n) is 14.5. The van der Waals surface area contributed by atoms with Gasteiger partial charge < -0.3 is 15.2 Å². The van der Waals surface area contributed by atoms with Gasteiger partial charge in [0, 0.05) is 6.42 Å². The molecular weight excluding hydrogens is 302 g/mol. The Bertz CT molecular complexity index is 675. The van der Waals surface area contributed by atoms with Gasteiger partial charge in [-0.05, 0) is 41.7 Å². The Hall–Kier alpha value is -2.49. The molecule has 128 valence electrons. The van der Waals surface area contributed by atoms with Gasteiger partial charge in [0.05, 0.1) is 12.3 Å². The Balaban J connectivity index is 1.84. The van der Waals surface area contributed by atoms with Gasteiger partial charge in [-0.3, -0.25) is 4.79 Å². The first-order valence-corrected chi connectivity index (χ1v) is 8.17. The SMILES string of the molecule is CC(C)(C)c1ccc(O)c(NC(=O)CCCOc2ccccc2)c1. The van der Waals surface area contributed by atoms with Crippen molar-refractivity contribution in [3.8, 4) is 11.5 Å². The second-order valence-electron chi connectivity index (χ2n) is 6.80. The van der Waals surface area contributed by atoms with Crippen molar-refractivity contribution in [3.63, 3.8) is 0 Å². The van der Waals surface area contributed by atoms with Gasteiger partial charge in [-0.15, -0.1) is 0 Å². The lowest BCUT2D eigenvalue weighted by Crippen LogP contribution is -2.15. The maximum atomic E-state index is 12.1. The Morgan fingerprint density at radius 2 is 1.83 bits per heavy atom. The lowest BCUT2D eigenvalue weighted by molar-refractivity contribution is -0.116. The summed E-state index contributed by atoms with van der Waals surface area (Å²) in [6.07, 6.45) is 0.951. The molecule has 1 amide bonds. The van der Waals surface area contributed by atoms with Crippen LogP contribution in [0.4, 0.5) is 5.69 Å². The number of rotatable bonds is 6. The fourth-order valence-corrected chi connectivity index (χ4v) is 2.25. The number of phenolic OH excluding ortho intramolecular Hbond substituents is 1. The summed E-state index contributed by atoms with van der Waals surface area (Å²) in [4.78, 5) is 12.1. The fourth-order valence-electron chi connectivity index (χ4n) is 2.25. The highest BCUT2D eigenvalue weighted by Gasteiger charge is 2.16. The molecule has 4 nitrogen and oxygen atoms in total. The number of anilines is 1. The van der Waals surface area contributed by atoms with E-state index in [4.69, 9.17) is 4.74 Å². The maximum absolute atomic E-state index is 12.1. The number of amides is 1. The van der Waals surface area contributed by atoms with Crippen molar-refractivity contribution in [1.29, 1.82) is 0 Å². The summed E-state index contributed by atoms with van der Waals surface area (Å²) in [6.45, 7) is 6.75. The van der Waals surface area contributed by atoms with Gasteiger partial charge in [0.25, 0.3) is 0 Å². The van der Waals surface area contributed by atoms with Crippen LogP contribution < -0.4 is 10.1 Å². The molecule has 0 heterocycles. The van der Waals surface area contributed by atoms with Gasteiger partial charge in [-0.1, -0.05) is 45.0 Å². The second-order valence-corrected chi connectivity index (χ2v) is 6.80. The zero-order valence-corrected chi connectivity index (χ0v) is 14.5. The van der Waals surface area contributed by atoms with E-state index >= 15 is 0 Å². The summed E-state index contributed by atoms with van der Waals surface area (Å²) in [5, 5.41) is 12.7. The van der Waals surface area contributed by atoms with Crippen LogP contribution in [0.5, 0.6) is 11.5 Å². The zero-order chi connectivity index (χ0) is 17.6. The van der Waals surface area contributed by atoms with Crippen LogP contribution in [0.2, 0.25) is 0 Å². The summed E-state index contributed by atoms with van der Waals surface area (Å²) in [5.74, 6) is 0.748. The van der Waals surface area contributed by atoms with Gasteiger partial charge in [-0.25, -0.2) is 0 Å². The average Bonchev–Trinajstić information content (AvgIpc) is 2.53. The fraction of sp³-hybridized carbons (Fsp3) is 0.350. The summed E-state index contributed by atoms with van der Waals surface area (Å²) >= 11 is 0.